The highest BCUT2D eigenvalue weighted by atomic mass is 16.4. The molecule has 21 heavy (non-hydrogen) atoms. The minimum absolute atomic E-state index is 0.160. The molecule has 0 atom stereocenters. The van der Waals surface area contributed by atoms with E-state index in [1.54, 1.807) is 0 Å². The Morgan fingerprint density at radius 1 is 0.905 bits per heavy atom. The van der Waals surface area contributed by atoms with Gasteiger partial charge < -0.3 is 16.2 Å². The lowest BCUT2D eigenvalue weighted by molar-refractivity contribution is -0.150. The second-order valence-corrected chi connectivity index (χ2v) is 6.90. The minimum atomic E-state index is -0.794. The standard InChI is InChI=1S/C16H28N2O3/c17-16(10-6-3-7-11-16)13(19)18-12-15(14(20)21)8-4-1-2-5-9-15/h1-12,17H2,(H,18,19)(H,20,21). The molecule has 0 unspecified atom stereocenters. The SMILES string of the molecule is NC1(C(=O)NCC2(C(=O)O)CCCCCC2)CCCCC1. The molecule has 4 N–H and O–H groups in total. The van der Waals surface area contributed by atoms with E-state index in [0.717, 1.165) is 44.9 Å². The van der Waals surface area contributed by atoms with E-state index in [4.69, 9.17) is 5.73 Å². The molecule has 0 saturated heterocycles. The van der Waals surface area contributed by atoms with Crippen LogP contribution in [0.2, 0.25) is 0 Å². The van der Waals surface area contributed by atoms with E-state index in [1.807, 2.05) is 0 Å². The highest BCUT2D eigenvalue weighted by molar-refractivity contribution is 5.87. The minimum Gasteiger partial charge on any atom is -0.481 e. The molecule has 0 aliphatic heterocycles. The van der Waals surface area contributed by atoms with Crippen molar-refractivity contribution >= 4 is 11.9 Å². The number of carboxylic acids is 1. The summed E-state index contributed by atoms with van der Waals surface area (Å²) >= 11 is 0. The Bertz CT molecular complexity index is 381. The maximum absolute atomic E-state index is 12.4. The number of carbonyl (C=O) groups is 2. The number of nitrogens with one attached hydrogen (secondary N) is 1. The van der Waals surface area contributed by atoms with Gasteiger partial charge in [-0.1, -0.05) is 44.9 Å². The van der Waals surface area contributed by atoms with E-state index in [1.165, 1.54) is 0 Å². The summed E-state index contributed by atoms with van der Waals surface area (Å²) < 4.78 is 0. The van der Waals surface area contributed by atoms with Crippen molar-refractivity contribution in [1.29, 1.82) is 0 Å². The van der Waals surface area contributed by atoms with E-state index >= 15 is 0 Å². The molecular weight excluding hydrogens is 268 g/mol. The third-order valence-corrected chi connectivity index (χ3v) is 5.30. The van der Waals surface area contributed by atoms with Crippen LogP contribution in [0.5, 0.6) is 0 Å². The van der Waals surface area contributed by atoms with E-state index in [0.29, 0.717) is 25.7 Å². The largest absolute Gasteiger partial charge is 0.481 e. The van der Waals surface area contributed by atoms with Crippen molar-refractivity contribution in [2.45, 2.75) is 76.2 Å². The van der Waals surface area contributed by atoms with Gasteiger partial charge in [0.2, 0.25) is 5.91 Å². The molecule has 5 heteroatoms. The van der Waals surface area contributed by atoms with Crippen LogP contribution in [0.15, 0.2) is 0 Å². The number of hydrogen-bond donors (Lipinski definition) is 3. The molecule has 2 aliphatic carbocycles. The third kappa shape index (κ3) is 3.76. The topological polar surface area (TPSA) is 92.4 Å². The number of carboxylic acid groups (broad SMARTS) is 1. The molecule has 1 amide bonds. The molecule has 2 rings (SSSR count). The molecule has 0 aromatic rings. The fraction of sp³-hybridized carbons (Fsp3) is 0.875. The van der Waals surface area contributed by atoms with Gasteiger partial charge in [-0.2, -0.15) is 0 Å². The van der Waals surface area contributed by atoms with Gasteiger partial charge in [0.25, 0.3) is 0 Å². The Hall–Kier alpha value is -1.10. The normalized spacial score (nSPS) is 24.8. The third-order valence-electron chi connectivity index (χ3n) is 5.30. The summed E-state index contributed by atoms with van der Waals surface area (Å²) in [6, 6.07) is 0. The predicted octanol–water partition coefficient (Wildman–Crippen LogP) is 2.19. The molecule has 2 aliphatic rings. The average Bonchev–Trinajstić information content (AvgIpc) is 2.72. The van der Waals surface area contributed by atoms with Crippen LogP contribution in [0.3, 0.4) is 0 Å². The van der Waals surface area contributed by atoms with Gasteiger partial charge in [-0.05, 0) is 25.7 Å². The molecule has 120 valence electrons. The Labute approximate surface area is 126 Å². The lowest BCUT2D eigenvalue weighted by Crippen LogP contribution is -2.57. The number of amides is 1. The average molecular weight is 296 g/mol. The van der Waals surface area contributed by atoms with Gasteiger partial charge in [-0.15, -0.1) is 0 Å². The molecule has 0 spiro atoms. The van der Waals surface area contributed by atoms with Crippen molar-refractivity contribution in [2.75, 3.05) is 6.54 Å². The van der Waals surface area contributed by atoms with Gasteiger partial charge in [0.15, 0.2) is 0 Å². The van der Waals surface area contributed by atoms with Gasteiger partial charge in [0.05, 0.1) is 11.0 Å². The molecule has 2 fully saturated rings. The number of aliphatic carboxylic acids is 1. The zero-order valence-corrected chi connectivity index (χ0v) is 12.8. The summed E-state index contributed by atoms with van der Waals surface area (Å²) in [4.78, 5) is 24.1. The number of hydrogen-bond acceptors (Lipinski definition) is 3. The van der Waals surface area contributed by atoms with E-state index in [-0.39, 0.29) is 12.5 Å². The van der Waals surface area contributed by atoms with E-state index in [9.17, 15) is 14.7 Å². The van der Waals surface area contributed by atoms with Crippen LogP contribution < -0.4 is 11.1 Å². The highest BCUT2D eigenvalue weighted by Gasteiger charge is 2.41. The van der Waals surface area contributed by atoms with Crippen LogP contribution in [-0.4, -0.2) is 29.1 Å². The predicted molar refractivity (Wildman–Crippen MR) is 80.8 cm³/mol. The molecule has 0 radical (unpaired) electrons. The van der Waals surface area contributed by atoms with Crippen LogP contribution in [0.1, 0.15) is 70.6 Å². The Kier molecular flexibility index (Phi) is 5.25. The fourth-order valence-corrected chi connectivity index (χ4v) is 3.71. The van der Waals surface area contributed by atoms with Crippen molar-refractivity contribution in [2.24, 2.45) is 11.1 Å². The Balaban J connectivity index is 1.98. The summed E-state index contributed by atoms with van der Waals surface area (Å²) in [6.07, 6.45) is 9.84. The van der Waals surface area contributed by atoms with Crippen LogP contribution in [-0.2, 0) is 9.59 Å². The second kappa shape index (κ2) is 6.77. The molecule has 0 heterocycles. The monoisotopic (exact) mass is 296 g/mol. The van der Waals surface area contributed by atoms with E-state index in [2.05, 4.69) is 5.32 Å². The van der Waals surface area contributed by atoms with Gasteiger partial charge in [0.1, 0.15) is 0 Å². The van der Waals surface area contributed by atoms with Crippen LogP contribution in [0, 0.1) is 5.41 Å². The quantitative estimate of drug-likeness (QED) is 0.693. The van der Waals surface area contributed by atoms with Crippen molar-refractivity contribution in [3.8, 4) is 0 Å². The first-order chi connectivity index (χ1) is 9.99. The molecule has 5 nitrogen and oxygen atoms in total. The first-order valence-electron chi connectivity index (χ1n) is 8.29. The maximum Gasteiger partial charge on any atom is 0.311 e. The molecule has 0 aromatic carbocycles. The summed E-state index contributed by atoms with van der Waals surface area (Å²) in [5, 5.41) is 12.5. The molecule has 0 aromatic heterocycles. The van der Waals surface area contributed by atoms with Crippen molar-refractivity contribution in [1.82, 2.24) is 5.32 Å². The maximum atomic E-state index is 12.4. The first kappa shape index (κ1) is 16.3. The Morgan fingerprint density at radius 2 is 1.38 bits per heavy atom. The lowest BCUT2D eigenvalue weighted by Gasteiger charge is -2.34. The lowest BCUT2D eigenvalue weighted by atomic mass is 9.79. The molecule has 2 saturated carbocycles. The summed E-state index contributed by atoms with van der Waals surface area (Å²) in [5.41, 5.74) is 4.63. The second-order valence-electron chi connectivity index (χ2n) is 6.90. The van der Waals surface area contributed by atoms with Crippen molar-refractivity contribution < 1.29 is 14.7 Å². The first-order valence-corrected chi connectivity index (χ1v) is 8.29. The number of carbonyl (C=O) groups excluding carboxylic acids is 1. The van der Waals surface area contributed by atoms with Crippen LogP contribution in [0.4, 0.5) is 0 Å². The van der Waals surface area contributed by atoms with Gasteiger partial charge in [-0.3, -0.25) is 9.59 Å². The summed E-state index contributed by atoms with van der Waals surface area (Å²) in [6.45, 7) is 0.222. The summed E-state index contributed by atoms with van der Waals surface area (Å²) in [7, 11) is 0. The van der Waals surface area contributed by atoms with Crippen LogP contribution >= 0.6 is 0 Å². The highest BCUT2D eigenvalue weighted by Crippen LogP contribution is 2.35. The smallest absolute Gasteiger partial charge is 0.311 e. The number of nitrogens with two attached hydrogens (primary N) is 1. The van der Waals surface area contributed by atoms with Crippen molar-refractivity contribution in [3.63, 3.8) is 0 Å². The number of rotatable bonds is 4. The van der Waals surface area contributed by atoms with Gasteiger partial charge >= 0.3 is 5.97 Å². The van der Waals surface area contributed by atoms with Gasteiger partial charge in [0, 0.05) is 6.54 Å². The Morgan fingerprint density at radius 3 is 1.90 bits per heavy atom. The summed E-state index contributed by atoms with van der Waals surface area (Å²) in [5.74, 6) is -0.938. The molecular formula is C16H28N2O3. The fourth-order valence-electron chi connectivity index (χ4n) is 3.71. The molecule has 0 bridgehead atoms. The van der Waals surface area contributed by atoms with Gasteiger partial charge in [-0.25, -0.2) is 0 Å². The van der Waals surface area contributed by atoms with Crippen molar-refractivity contribution in [3.05, 3.63) is 0 Å². The zero-order valence-electron chi connectivity index (χ0n) is 12.8. The zero-order chi connectivity index (χ0) is 15.3. The van der Waals surface area contributed by atoms with E-state index < -0.39 is 16.9 Å². The van der Waals surface area contributed by atoms with Crippen LogP contribution in [0.25, 0.3) is 0 Å².